The third-order valence-corrected chi connectivity index (χ3v) is 5.52. The molecule has 0 bridgehead atoms. The van der Waals surface area contributed by atoms with Crippen molar-refractivity contribution in [2.45, 2.75) is 39.0 Å². The Bertz CT molecular complexity index is 1250. The minimum absolute atomic E-state index is 0.0895. The van der Waals surface area contributed by atoms with Crippen LogP contribution in [0.4, 0.5) is 23.4 Å². The molecule has 3 rings (SSSR count). The van der Waals surface area contributed by atoms with Crippen LogP contribution < -0.4 is 16.8 Å². The minimum atomic E-state index is -4.69. The van der Waals surface area contributed by atoms with Crippen LogP contribution in [0.15, 0.2) is 42.5 Å². The summed E-state index contributed by atoms with van der Waals surface area (Å²) in [4.78, 5) is 24.3. The summed E-state index contributed by atoms with van der Waals surface area (Å²) in [5.74, 6) is -2.50. The molecule has 34 heavy (non-hydrogen) atoms. The summed E-state index contributed by atoms with van der Waals surface area (Å²) in [6.07, 6.45) is -4.69. The highest BCUT2D eigenvalue weighted by Crippen LogP contribution is 2.40. The summed E-state index contributed by atoms with van der Waals surface area (Å²) in [7, 11) is 0. The van der Waals surface area contributed by atoms with Crippen molar-refractivity contribution < 1.29 is 27.2 Å². The molecule has 0 radical (unpaired) electrons. The summed E-state index contributed by atoms with van der Waals surface area (Å²) in [6, 6.07) is 10.1. The highest BCUT2D eigenvalue weighted by Gasteiger charge is 2.51. The molecule has 2 aromatic carbocycles. The summed E-state index contributed by atoms with van der Waals surface area (Å²) in [6.45, 7) is 3.56. The van der Waals surface area contributed by atoms with E-state index < -0.39 is 35.2 Å². The van der Waals surface area contributed by atoms with Crippen molar-refractivity contribution in [1.82, 2.24) is 15.1 Å². The third kappa shape index (κ3) is 4.59. The Morgan fingerprint density at radius 3 is 2.26 bits per heavy atom. The fraction of sp³-hybridized carbons (Fsp3) is 0.261. The maximum absolute atomic E-state index is 13.5. The molecule has 0 saturated carbocycles. The third-order valence-electron chi connectivity index (χ3n) is 5.52. The van der Waals surface area contributed by atoms with Crippen molar-refractivity contribution in [1.29, 1.82) is 0 Å². The number of nitrogens with one attached hydrogen (secondary N) is 1. The number of primary amides is 1. The number of nitrogens with two attached hydrogens (primary N) is 2. The van der Waals surface area contributed by atoms with Gasteiger partial charge >= 0.3 is 6.18 Å². The average Bonchev–Trinajstić information content (AvgIpc) is 3.11. The van der Waals surface area contributed by atoms with E-state index in [1.165, 1.54) is 24.3 Å². The highest BCUT2D eigenvalue weighted by atomic mass is 19.4. The predicted molar refractivity (Wildman–Crippen MR) is 118 cm³/mol. The van der Waals surface area contributed by atoms with Gasteiger partial charge in [-0.25, -0.2) is 9.07 Å². The van der Waals surface area contributed by atoms with Gasteiger partial charge in [0.2, 0.25) is 0 Å². The number of aryl methyl sites for hydroxylation is 1. The predicted octanol–water partition coefficient (Wildman–Crippen LogP) is 3.91. The van der Waals surface area contributed by atoms with Gasteiger partial charge in [0.15, 0.2) is 5.54 Å². The Morgan fingerprint density at radius 1 is 1.09 bits per heavy atom. The zero-order valence-electron chi connectivity index (χ0n) is 18.6. The number of halogens is 4. The fourth-order valence-corrected chi connectivity index (χ4v) is 3.32. The van der Waals surface area contributed by atoms with Crippen LogP contribution in [0.3, 0.4) is 0 Å². The van der Waals surface area contributed by atoms with Crippen LogP contribution >= 0.6 is 0 Å². The molecular formula is C23H23F4N5O2. The van der Waals surface area contributed by atoms with Gasteiger partial charge in [0.25, 0.3) is 11.8 Å². The van der Waals surface area contributed by atoms with Crippen molar-refractivity contribution in [2.75, 3.05) is 5.73 Å². The van der Waals surface area contributed by atoms with Gasteiger partial charge in [0, 0.05) is 17.7 Å². The highest BCUT2D eigenvalue weighted by molar-refractivity contribution is 6.03. The van der Waals surface area contributed by atoms with Gasteiger partial charge in [0.1, 0.15) is 22.9 Å². The van der Waals surface area contributed by atoms with Crippen molar-refractivity contribution in [3.63, 3.8) is 0 Å². The molecule has 0 fully saturated rings. The number of hydrogen-bond acceptors (Lipinski definition) is 4. The Morgan fingerprint density at radius 2 is 1.71 bits per heavy atom. The number of benzene rings is 2. The standard InChI is InChI=1S/C23H23F4N5O2/c1-12-4-9-15(24)10-16(12)21(34)30-11-13-5-7-14(8-6-13)18-17(20(29)33)19(28)32(31-18)22(2,3)23(25,26)27/h4-10H,11,28H2,1-3H3,(H2,29,33)(H,30,34). The maximum atomic E-state index is 13.5. The van der Waals surface area contributed by atoms with E-state index in [9.17, 15) is 27.2 Å². The van der Waals surface area contributed by atoms with Gasteiger partial charge in [-0.1, -0.05) is 30.3 Å². The first-order valence-electron chi connectivity index (χ1n) is 10.1. The van der Waals surface area contributed by atoms with Crippen molar-refractivity contribution >= 4 is 17.6 Å². The largest absolute Gasteiger partial charge is 0.413 e. The Hall–Kier alpha value is -3.89. The number of aromatic nitrogens is 2. The molecule has 2 amide bonds. The first-order valence-corrected chi connectivity index (χ1v) is 10.1. The Labute approximate surface area is 192 Å². The molecule has 180 valence electrons. The minimum Gasteiger partial charge on any atom is -0.383 e. The van der Waals surface area contributed by atoms with Crippen LogP contribution in [0.1, 0.15) is 45.7 Å². The molecule has 1 heterocycles. The molecule has 11 heteroatoms. The molecule has 0 atom stereocenters. The number of rotatable bonds is 6. The maximum Gasteiger partial charge on any atom is 0.413 e. The number of amides is 2. The van der Waals surface area contributed by atoms with E-state index in [1.807, 2.05) is 0 Å². The van der Waals surface area contributed by atoms with E-state index in [0.29, 0.717) is 21.4 Å². The van der Waals surface area contributed by atoms with E-state index in [-0.39, 0.29) is 23.4 Å². The van der Waals surface area contributed by atoms with Gasteiger partial charge in [-0.15, -0.1) is 0 Å². The molecule has 7 nitrogen and oxygen atoms in total. The Balaban J connectivity index is 1.87. The zero-order chi connectivity index (χ0) is 25.4. The van der Waals surface area contributed by atoms with Crippen LogP contribution in [-0.2, 0) is 12.1 Å². The summed E-state index contributed by atoms with van der Waals surface area (Å²) in [5.41, 5.74) is 10.1. The number of carbonyl (C=O) groups is 2. The number of alkyl halides is 3. The van der Waals surface area contributed by atoms with Gasteiger partial charge in [-0.3, -0.25) is 9.59 Å². The molecule has 0 spiro atoms. The second-order valence-electron chi connectivity index (χ2n) is 8.28. The summed E-state index contributed by atoms with van der Waals surface area (Å²) in [5, 5.41) is 6.64. The van der Waals surface area contributed by atoms with E-state index in [0.717, 1.165) is 19.9 Å². The number of nitrogen functional groups attached to an aromatic ring is 1. The van der Waals surface area contributed by atoms with E-state index in [2.05, 4.69) is 10.4 Å². The van der Waals surface area contributed by atoms with Gasteiger partial charge in [-0.05, 0) is 44.0 Å². The van der Waals surface area contributed by atoms with E-state index in [4.69, 9.17) is 11.5 Å². The molecule has 0 aliphatic heterocycles. The van der Waals surface area contributed by atoms with Gasteiger partial charge < -0.3 is 16.8 Å². The lowest BCUT2D eigenvalue weighted by atomic mass is 10.0. The lowest BCUT2D eigenvalue weighted by molar-refractivity contribution is -0.205. The first kappa shape index (κ1) is 24.7. The quantitative estimate of drug-likeness (QED) is 0.467. The molecule has 0 aliphatic carbocycles. The van der Waals surface area contributed by atoms with Gasteiger partial charge in [0.05, 0.1) is 0 Å². The molecule has 3 aromatic rings. The molecule has 0 unspecified atom stereocenters. The van der Waals surface area contributed by atoms with Crippen LogP contribution in [0.25, 0.3) is 11.3 Å². The van der Waals surface area contributed by atoms with Crippen LogP contribution in [-0.4, -0.2) is 27.8 Å². The topological polar surface area (TPSA) is 116 Å². The lowest BCUT2D eigenvalue weighted by Crippen LogP contribution is -2.43. The van der Waals surface area contributed by atoms with Crippen LogP contribution in [0, 0.1) is 12.7 Å². The second-order valence-corrected chi connectivity index (χ2v) is 8.28. The zero-order valence-corrected chi connectivity index (χ0v) is 18.6. The normalized spacial score (nSPS) is 12.0. The fourth-order valence-electron chi connectivity index (χ4n) is 3.32. The Kier molecular flexibility index (Phi) is 6.41. The number of carbonyl (C=O) groups excluding carboxylic acids is 2. The molecule has 0 saturated heterocycles. The van der Waals surface area contributed by atoms with Crippen LogP contribution in [0.5, 0.6) is 0 Å². The van der Waals surface area contributed by atoms with Crippen molar-refractivity contribution in [2.24, 2.45) is 5.73 Å². The summed E-state index contributed by atoms with van der Waals surface area (Å²) < 4.78 is 54.6. The number of nitrogens with zero attached hydrogens (tertiary/aromatic N) is 2. The second kappa shape index (κ2) is 8.81. The SMILES string of the molecule is Cc1ccc(F)cc1C(=O)NCc1ccc(-c2nn(C(C)(C)C(F)(F)F)c(N)c2C(N)=O)cc1. The summed E-state index contributed by atoms with van der Waals surface area (Å²) >= 11 is 0. The van der Waals surface area contributed by atoms with Crippen molar-refractivity contribution in [3.8, 4) is 11.3 Å². The monoisotopic (exact) mass is 477 g/mol. The number of anilines is 1. The molecule has 5 N–H and O–H groups in total. The smallest absolute Gasteiger partial charge is 0.383 e. The van der Waals surface area contributed by atoms with E-state index in [1.54, 1.807) is 19.1 Å². The first-order chi connectivity index (χ1) is 15.7. The average molecular weight is 477 g/mol. The van der Waals surface area contributed by atoms with Crippen molar-refractivity contribution in [3.05, 3.63) is 70.5 Å². The van der Waals surface area contributed by atoms with Gasteiger partial charge in [-0.2, -0.15) is 18.3 Å². The molecule has 1 aromatic heterocycles. The van der Waals surface area contributed by atoms with Crippen LogP contribution in [0.2, 0.25) is 0 Å². The number of hydrogen-bond donors (Lipinski definition) is 3. The molecule has 0 aliphatic rings. The molecular weight excluding hydrogens is 454 g/mol. The van der Waals surface area contributed by atoms with E-state index >= 15 is 0 Å². The lowest BCUT2D eigenvalue weighted by Gasteiger charge is -2.29.